The van der Waals surface area contributed by atoms with Crippen LogP contribution in [0.2, 0.25) is 6.82 Å². The van der Waals surface area contributed by atoms with Crippen molar-refractivity contribution in [1.82, 2.24) is 0 Å². The third-order valence-electron chi connectivity index (χ3n) is 0. The summed E-state index contributed by atoms with van der Waals surface area (Å²) in [5.74, 6) is 0. The van der Waals surface area contributed by atoms with E-state index in [1.54, 1.807) is 0 Å². The largest absolute Gasteiger partial charge is 0.0999 e. The van der Waals surface area contributed by atoms with Crippen LogP contribution >= 0.6 is 0 Å². The van der Waals surface area contributed by atoms with Gasteiger partial charge in [0.1, 0.15) is 0 Å². The van der Waals surface area contributed by atoms with E-state index in [9.17, 15) is 0 Å². The predicted octanol–water partition coefficient (Wildman–Crippen LogP) is 1.62. The Hall–Kier alpha value is 1.32. The van der Waals surface area contributed by atoms with Crippen LogP contribution in [0.3, 0.4) is 0 Å². The van der Waals surface area contributed by atoms with E-state index in [1.807, 2.05) is 0 Å². The van der Waals surface area contributed by atoms with Crippen molar-refractivity contribution >= 4 is 7.85 Å². The zero-order valence-corrected chi connectivity index (χ0v) is 5.35. The van der Waals surface area contributed by atoms with E-state index in [4.69, 9.17) is 0 Å². The van der Waals surface area contributed by atoms with Gasteiger partial charge < -0.3 is 0 Å². The van der Waals surface area contributed by atoms with Gasteiger partial charge >= 0.3 is 0 Å². The van der Waals surface area contributed by atoms with E-state index in [0.29, 0.717) is 0 Å². The summed E-state index contributed by atoms with van der Waals surface area (Å²) in [7, 11) is 4.50. The maximum Gasteiger partial charge on any atom is 0.0606 e. The summed E-state index contributed by atoms with van der Waals surface area (Å²) in [5, 5.41) is 0. The molecule has 0 fully saturated rings. The standard InChI is InChI=1S/C3H8.CH3B.Ar/c1-3-2;1-2;/h3H2,1-2H3;1H3;. The molecule has 0 spiro atoms. The summed E-state index contributed by atoms with van der Waals surface area (Å²) in [6.45, 7) is 5.75. The van der Waals surface area contributed by atoms with Crippen LogP contribution in [0, 0.1) is 37.7 Å². The summed E-state index contributed by atoms with van der Waals surface area (Å²) in [5.41, 5.74) is 0. The van der Waals surface area contributed by atoms with Gasteiger partial charge in [-0.15, -0.1) is 0 Å². The van der Waals surface area contributed by atoms with Crippen molar-refractivity contribution in [3.63, 3.8) is 0 Å². The van der Waals surface area contributed by atoms with E-state index in [0.717, 1.165) is 0 Å². The first-order valence-electron chi connectivity index (χ1n) is 1.99. The average Bonchev–Trinajstić information content (AvgIpc) is 1.46. The molecular weight excluding hydrogens is 98.8 g/mol. The van der Waals surface area contributed by atoms with Gasteiger partial charge in [-0.2, -0.15) is 0 Å². The molecule has 0 atom stereocenters. The fourth-order valence-electron chi connectivity index (χ4n) is 0. The van der Waals surface area contributed by atoms with Crippen LogP contribution in [-0.2, 0) is 0 Å². The van der Waals surface area contributed by atoms with Crippen LogP contribution in [0.15, 0.2) is 0 Å². The maximum absolute atomic E-state index is 4.50. The Bertz CT molecular complexity index is 7.51. The van der Waals surface area contributed by atoms with Crippen molar-refractivity contribution in [2.75, 3.05) is 0 Å². The van der Waals surface area contributed by atoms with Crippen LogP contribution in [0.5, 0.6) is 0 Å². The molecule has 0 aromatic carbocycles. The van der Waals surface area contributed by atoms with Crippen molar-refractivity contribution in [3.8, 4) is 0 Å². The van der Waals surface area contributed by atoms with Crippen molar-refractivity contribution in [3.05, 3.63) is 0 Å². The molecule has 2 radical (unpaired) electrons. The second-order valence-corrected chi connectivity index (χ2v) is 0.707. The molecule has 2 heteroatoms. The monoisotopic (exact) mass is 110 g/mol. The molecule has 0 aliphatic carbocycles. The Morgan fingerprint density at radius 1 is 1.17 bits per heavy atom. The number of rotatable bonds is 0. The van der Waals surface area contributed by atoms with Gasteiger partial charge in [-0.1, -0.05) is 27.1 Å². The van der Waals surface area contributed by atoms with Gasteiger partial charge in [-0.3, -0.25) is 0 Å². The molecule has 0 N–H and O–H groups in total. The zero-order valence-electron chi connectivity index (χ0n) is 4.64. The quantitative estimate of drug-likeness (QED) is 0.415. The van der Waals surface area contributed by atoms with E-state index in [-0.39, 0.29) is 37.7 Å². The minimum Gasteiger partial charge on any atom is -0.0999 e. The molecule has 6 heavy (non-hydrogen) atoms. The summed E-state index contributed by atoms with van der Waals surface area (Å²) in [4.78, 5) is 0. The average molecular weight is 110 g/mol. The van der Waals surface area contributed by atoms with E-state index in [1.165, 1.54) is 13.2 Å². The van der Waals surface area contributed by atoms with Crippen molar-refractivity contribution in [1.29, 1.82) is 0 Å². The number of hydrogen-bond acceptors (Lipinski definition) is 0. The molecule has 0 saturated carbocycles. The molecular formula is C4H11ArB. The summed E-state index contributed by atoms with van der Waals surface area (Å²) in [6.07, 6.45) is 1.25. The van der Waals surface area contributed by atoms with Gasteiger partial charge in [-0.05, 0) is 0 Å². The topological polar surface area (TPSA) is 0 Å². The Morgan fingerprint density at radius 2 is 1.17 bits per heavy atom. The summed E-state index contributed by atoms with van der Waals surface area (Å²) >= 11 is 0. The van der Waals surface area contributed by atoms with Crippen molar-refractivity contribution in [2.45, 2.75) is 27.1 Å². The fourth-order valence-corrected chi connectivity index (χ4v) is 0. The van der Waals surface area contributed by atoms with Gasteiger partial charge in [0.25, 0.3) is 0 Å². The third-order valence-corrected chi connectivity index (χ3v) is 0. The smallest absolute Gasteiger partial charge is 0.0606 e. The summed E-state index contributed by atoms with van der Waals surface area (Å²) in [6, 6.07) is 0. The molecule has 0 amide bonds. The molecule has 0 aliphatic rings. The Labute approximate surface area is 72.1 Å². The van der Waals surface area contributed by atoms with Crippen molar-refractivity contribution in [2.24, 2.45) is 0 Å². The second-order valence-electron chi connectivity index (χ2n) is 0.707. The molecule has 0 unspecified atom stereocenters. The molecule has 38 valence electrons. The second kappa shape index (κ2) is 33.2. The minimum atomic E-state index is 0. The molecule has 0 aromatic heterocycles. The van der Waals surface area contributed by atoms with Crippen LogP contribution in [0.1, 0.15) is 20.3 Å². The Balaban J connectivity index is -0.0000000275. The molecule has 0 aromatic rings. The Morgan fingerprint density at radius 3 is 1.17 bits per heavy atom. The first kappa shape index (κ1) is 15.7. The van der Waals surface area contributed by atoms with E-state index < -0.39 is 0 Å². The normalized spacial score (nSPS) is 3.83. The van der Waals surface area contributed by atoms with Crippen molar-refractivity contribution < 1.29 is 37.7 Å². The SMILES string of the molecule is CCC.[Ar].[B]C. The van der Waals surface area contributed by atoms with Gasteiger partial charge in [0, 0.05) is 37.7 Å². The van der Waals surface area contributed by atoms with Gasteiger partial charge in [0.15, 0.2) is 0 Å². The molecule has 0 saturated heterocycles. The molecule has 0 aliphatic heterocycles. The maximum atomic E-state index is 4.50. The van der Waals surface area contributed by atoms with Gasteiger partial charge in [0.05, 0.1) is 7.85 Å². The van der Waals surface area contributed by atoms with Gasteiger partial charge in [-0.25, -0.2) is 0 Å². The van der Waals surface area contributed by atoms with Crippen LogP contribution in [0.4, 0.5) is 0 Å². The number of hydrogen-bond donors (Lipinski definition) is 0. The summed E-state index contributed by atoms with van der Waals surface area (Å²) < 4.78 is 0. The van der Waals surface area contributed by atoms with E-state index in [2.05, 4.69) is 21.7 Å². The first-order valence-corrected chi connectivity index (χ1v) is 1.99. The molecule has 0 nitrogen and oxygen atoms in total. The molecule has 0 rings (SSSR count). The first-order chi connectivity index (χ1) is 2.41. The predicted molar refractivity (Wildman–Crippen MR) is 27.6 cm³/mol. The van der Waals surface area contributed by atoms with E-state index >= 15 is 0 Å². The fraction of sp³-hybridized carbons (Fsp3) is 1.00. The Kier molecular flexibility index (Phi) is 86.6. The molecule has 0 bridgehead atoms. The van der Waals surface area contributed by atoms with Gasteiger partial charge in [0.2, 0.25) is 0 Å². The van der Waals surface area contributed by atoms with Crippen LogP contribution in [-0.4, -0.2) is 7.85 Å². The minimum absolute atomic E-state index is 0. The van der Waals surface area contributed by atoms with Crippen LogP contribution < -0.4 is 0 Å². The van der Waals surface area contributed by atoms with Crippen LogP contribution in [0.25, 0.3) is 0 Å². The molecule has 0 heterocycles. The third kappa shape index (κ3) is 56.8. The zero-order chi connectivity index (χ0) is 4.71.